The Morgan fingerprint density at radius 1 is 1.20 bits per heavy atom. The summed E-state index contributed by atoms with van der Waals surface area (Å²) in [4.78, 5) is 40.4. The molecule has 0 radical (unpaired) electrons. The van der Waals surface area contributed by atoms with Gasteiger partial charge in [0.2, 0.25) is 0 Å². The minimum atomic E-state index is -1.13. The molecule has 180 valence electrons. The lowest BCUT2D eigenvalue weighted by atomic mass is 10.0. The number of aryl methyl sites for hydroxylation is 2. The van der Waals surface area contributed by atoms with Crippen LogP contribution in [0.3, 0.4) is 0 Å². The van der Waals surface area contributed by atoms with Gasteiger partial charge in [0.1, 0.15) is 17.4 Å². The molecule has 35 heavy (non-hydrogen) atoms. The average Bonchev–Trinajstić information content (AvgIpc) is 3.46. The Morgan fingerprint density at radius 2 is 1.97 bits per heavy atom. The van der Waals surface area contributed by atoms with E-state index in [2.05, 4.69) is 10.3 Å². The molecule has 3 N–H and O–H groups in total. The van der Waals surface area contributed by atoms with Crippen molar-refractivity contribution in [3.8, 4) is 5.75 Å². The SMILES string of the molecule is Cc1cc(O[C@@H](C)C(=O)N[C@@H](Cc2c[nH]c3ccccc23)C(=O)O)c2c3c(c(=O)oc2c1)CCC3. The van der Waals surface area contributed by atoms with Crippen LogP contribution in [0.1, 0.15) is 35.6 Å². The lowest BCUT2D eigenvalue weighted by Crippen LogP contribution is -2.47. The van der Waals surface area contributed by atoms with Crippen LogP contribution in [0.2, 0.25) is 0 Å². The number of aromatic nitrogens is 1. The summed E-state index contributed by atoms with van der Waals surface area (Å²) in [5.74, 6) is -1.22. The molecule has 0 unspecified atom stereocenters. The molecule has 5 rings (SSSR count). The molecule has 0 bridgehead atoms. The fraction of sp³-hybridized carbons (Fsp3) is 0.296. The van der Waals surface area contributed by atoms with E-state index in [9.17, 15) is 19.5 Å². The Bertz CT molecular complexity index is 1520. The number of H-pyrrole nitrogens is 1. The van der Waals surface area contributed by atoms with Crippen molar-refractivity contribution in [3.05, 3.63) is 75.3 Å². The van der Waals surface area contributed by atoms with E-state index in [0.717, 1.165) is 40.4 Å². The maximum Gasteiger partial charge on any atom is 0.339 e. The van der Waals surface area contributed by atoms with Gasteiger partial charge in [-0.25, -0.2) is 9.59 Å². The first-order valence-corrected chi connectivity index (χ1v) is 11.7. The van der Waals surface area contributed by atoms with Crippen LogP contribution in [-0.2, 0) is 28.9 Å². The second-order valence-electron chi connectivity index (χ2n) is 9.06. The van der Waals surface area contributed by atoms with Crippen LogP contribution in [0.25, 0.3) is 21.9 Å². The van der Waals surface area contributed by atoms with Gasteiger partial charge in [0.05, 0.1) is 5.39 Å². The first kappa shape index (κ1) is 22.7. The molecule has 0 aliphatic heterocycles. The number of carboxylic acid groups (broad SMARTS) is 1. The first-order valence-electron chi connectivity index (χ1n) is 11.7. The van der Waals surface area contributed by atoms with Gasteiger partial charge < -0.3 is 24.6 Å². The number of rotatable bonds is 7. The molecule has 1 aliphatic carbocycles. The number of carbonyl (C=O) groups is 2. The van der Waals surface area contributed by atoms with Crippen LogP contribution in [0.15, 0.2) is 51.8 Å². The van der Waals surface area contributed by atoms with E-state index in [0.29, 0.717) is 28.7 Å². The largest absolute Gasteiger partial charge is 0.480 e. The lowest BCUT2D eigenvalue weighted by molar-refractivity contribution is -0.142. The Kier molecular flexibility index (Phi) is 5.80. The smallest absolute Gasteiger partial charge is 0.339 e. The van der Waals surface area contributed by atoms with Gasteiger partial charge in [0.25, 0.3) is 5.91 Å². The van der Waals surface area contributed by atoms with Crippen molar-refractivity contribution in [1.82, 2.24) is 10.3 Å². The predicted molar refractivity (Wildman–Crippen MR) is 131 cm³/mol. The van der Waals surface area contributed by atoms with Gasteiger partial charge in [-0.2, -0.15) is 0 Å². The van der Waals surface area contributed by atoms with Crippen molar-refractivity contribution < 1.29 is 23.8 Å². The average molecular weight is 475 g/mol. The standard InChI is InChI=1S/C27H26N2O6/c1-14-10-22(24-18-7-5-8-19(18)27(33)35-23(24)11-14)34-15(2)25(30)29-21(26(31)32)12-16-13-28-20-9-4-3-6-17(16)20/h3-4,6,9-11,13,15,21,28H,5,7-8,12H2,1-2H3,(H,29,30)(H,31,32)/t15-,21-/m0/s1. The molecule has 2 aromatic heterocycles. The molecular formula is C27H26N2O6. The summed E-state index contributed by atoms with van der Waals surface area (Å²) >= 11 is 0. The summed E-state index contributed by atoms with van der Waals surface area (Å²) in [6.45, 7) is 3.43. The van der Waals surface area contributed by atoms with Crippen molar-refractivity contribution in [2.24, 2.45) is 0 Å². The van der Waals surface area contributed by atoms with E-state index >= 15 is 0 Å². The molecule has 0 saturated heterocycles. The number of aliphatic carboxylic acids is 1. The zero-order chi connectivity index (χ0) is 24.7. The quantitative estimate of drug-likeness (QED) is 0.352. The minimum absolute atomic E-state index is 0.129. The molecule has 8 nitrogen and oxygen atoms in total. The summed E-state index contributed by atoms with van der Waals surface area (Å²) < 4.78 is 11.6. The molecule has 2 atom stereocenters. The van der Waals surface area contributed by atoms with Crippen LogP contribution < -0.4 is 15.7 Å². The number of hydrogen-bond donors (Lipinski definition) is 3. The number of carbonyl (C=O) groups excluding carboxylic acids is 1. The number of benzene rings is 2. The number of fused-ring (bicyclic) bond motifs is 4. The number of amides is 1. The first-order chi connectivity index (χ1) is 16.8. The summed E-state index contributed by atoms with van der Waals surface area (Å²) in [6.07, 6.45) is 3.18. The Balaban J connectivity index is 1.38. The molecular weight excluding hydrogens is 448 g/mol. The number of ether oxygens (including phenoxy) is 1. The summed E-state index contributed by atoms with van der Waals surface area (Å²) in [5, 5.41) is 14.0. The van der Waals surface area contributed by atoms with E-state index in [1.807, 2.05) is 37.3 Å². The van der Waals surface area contributed by atoms with Crippen LogP contribution in [0.5, 0.6) is 5.75 Å². The second-order valence-corrected chi connectivity index (χ2v) is 9.06. The highest BCUT2D eigenvalue weighted by molar-refractivity contribution is 5.91. The topological polar surface area (TPSA) is 122 Å². The van der Waals surface area contributed by atoms with Crippen molar-refractivity contribution in [3.63, 3.8) is 0 Å². The van der Waals surface area contributed by atoms with Gasteiger partial charge in [-0.3, -0.25) is 4.79 Å². The van der Waals surface area contributed by atoms with Crippen molar-refractivity contribution in [2.45, 2.75) is 51.7 Å². The van der Waals surface area contributed by atoms with Crippen molar-refractivity contribution in [2.75, 3.05) is 0 Å². The number of aromatic amines is 1. The van der Waals surface area contributed by atoms with Crippen LogP contribution in [0, 0.1) is 6.92 Å². The van der Waals surface area contributed by atoms with E-state index in [1.165, 1.54) is 0 Å². The molecule has 0 fully saturated rings. The highest BCUT2D eigenvalue weighted by atomic mass is 16.5. The van der Waals surface area contributed by atoms with E-state index in [4.69, 9.17) is 9.15 Å². The third kappa shape index (κ3) is 4.27. The summed E-state index contributed by atoms with van der Waals surface area (Å²) in [6, 6.07) is 10.1. The highest BCUT2D eigenvalue weighted by Crippen LogP contribution is 2.35. The highest BCUT2D eigenvalue weighted by Gasteiger charge is 2.27. The minimum Gasteiger partial charge on any atom is -0.480 e. The number of para-hydroxylation sites is 1. The monoisotopic (exact) mass is 474 g/mol. The Hall–Kier alpha value is -4.07. The van der Waals surface area contributed by atoms with Gasteiger partial charge in [-0.1, -0.05) is 18.2 Å². The number of carboxylic acids is 1. The molecule has 2 heterocycles. The molecule has 1 aliphatic rings. The van der Waals surface area contributed by atoms with Crippen molar-refractivity contribution in [1.29, 1.82) is 0 Å². The molecule has 4 aromatic rings. The Morgan fingerprint density at radius 3 is 2.77 bits per heavy atom. The second kappa shape index (κ2) is 8.94. The van der Waals surface area contributed by atoms with Crippen LogP contribution in [-0.4, -0.2) is 34.1 Å². The zero-order valence-electron chi connectivity index (χ0n) is 19.5. The third-order valence-corrected chi connectivity index (χ3v) is 6.57. The Labute approximate surface area is 200 Å². The van der Waals surface area contributed by atoms with Crippen molar-refractivity contribution >= 4 is 33.7 Å². The molecule has 2 aromatic carbocycles. The number of hydrogen-bond acceptors (Lipinski definition) is 5. The van der Waals surface area contributed by atoms with Crippen LogP contribution in [0.4, 0.5) is 0 Å². The fourth-order valence-corrected chi connectivity index (χ4v) is 4.85. The van der Waals surface area contributed by atoms with Gasteiger partial charge in [-0.05, 0) is 68.0 Å². The normalized spacial score (nSPS) is 14.6. The van der Waals surface area contributed by atoms with Crippen LogP contribution >= 0.6 is 0 Å². The summed E-state index contributed by atoms with van der Waals surface area (Å²) in [7, 11) is 0. The lowest BCUT2D eigenvalue weighted by Gasteiger charge is -2.20. The summed E-state index contributed by atoms with van der Waals surface area (Å²) in [5.41, 5.74) is 4.20. The van der Waals surface area contributed by atoms with Gasteiger partial charge in [-0.15, -0.1) is 0 Å². The molecule has 0 spiro atoms. The molecule has 0 saturated carbocycles. The van der Waals surface area contributed by atoms with E-state index in [-0.39, 0.29) is 12.0 Å². The zero-order valence-corrected chi connectivity index (χ0v) is 19.5. The molecule has 1 amide bonds. The van der Waals surface area contributed by atoms with E-state index in [1.54, 1.807) is 19.2 Å². The third-order valence-electron chi connectivity index (χ3n) is 6.57. The van der Waals surface area contributed by atoms with Gasteiger partial charge >= 0.3 is 11.6 Å². The maximum atomic E-state index is 13.0. The predicted octanol–water partition coefficient (Wildman–Crippen LogP) is 3.65. The van der Waals surface area contributed by atoms with Gasteiger partial charge in [0, 0.05) is 29.1 Å². The molecule has 8 heteroatoms. The van der Waals surface area contributed by atoms with Gasteiger partial charge in [0.15, 0.2) is 6.10 Å². The fourth-order valence-electron chi connectivity index (χ4n) is 4.85. The number of nitrogens with one attached hydrogen (secondary N) is 2. The maximum absolute atomic E-state index is 13.0. The van der Waals surface area contributed by atoms with E-state index < -0.39 is 24.0 Å².